The number of carbonyl (C=O) groups excluding carboxylic acids is 1. The number of nitrogens with zero attached hydrogens (tertiary/aromatic N) is 2. The molecule has 96 valence electrons. The lowest BCUT2D eigenvalue weighted by molar-refractivity contribution is -0.126. The molecule has 17 heavy (non-hydrogen) atoms. The Bertz CT molecular complexity index is 395. The second kappa shape index (κ2) is 5.31. The summed E-state index contributed by atoms with van der Waals surface area (Å²) in [6.45, 7) is 6.24. The van der Waals surface area contributed by atoms with Crippen molar-refractivity contribution in [2.45, 2.75) is 45.7 Å². The Balaban J connectivity index is 2.57. The van der Waals surface area contributed by atoms with Crippen molar-refractivity contribution in [2.24, 2.45) is 12.8 Å². The van der Waals surface area contributed by atoms with Crippen LogP contribution in [0.3, 0.4) is 0 Å². The van der Waals surface area contributed by atoms with Gasteiger partial charge < -0.3 is 11.1 Å². The van der Waals surface area contributed by atoms with Crippen molar-refractivity contribution in [3.8, 4) is 0 Å². The fourth-order valence-electron chi connectivity index (χ4n) is 1.73. The summed E-state index contributed by atoms with van der Waals surface area (Å²) < 4.78 is 1.79. The minimum atomic E-state index is -0.787. The zero-order chi connectivity index (χ0) is 13.1. The van der Waals surface area contributed by atoms with E-state index in [9.17, 15) is 4.79 Å². The number of rotatable bonds is 5. The minimum absolute atomic E-state index is 0.109. The van der Waals surface area contributed by atoms with Crippen LogP contribution < -0.4 is 11.1 Å². The normalized spacial score (nSPS) is 14.4. The Morgan fingerprint density at radius 3 is 2.76 bits per heavy atom. The van der Waals surface area contributed by atoms with Gasteiger partial charge in [-0.2, -0.15) is 5.10 Å². The van der Waals surface area contributed by atoms with Crippen molar-refractivity contribution >= 4 is 5.91 Å². The van der Waals surface area contributed by atoms with Crippen molar-refractivity contribution in [1.29, 1.82) is 0 Å². The summed E-state index contributed by atoms with van der Waals surface area (Å²) in [7, 11) is 1.88. The van der Waals surface area contributed by atoms with Crippen LogP contribution in [0, 0.1) is 6.92 Å². The SMILES string of the molecule is CCCC(C)(N)C(=O)NCc1cnn(C)c1C. The van der Waals surface area contributed by atoms with Gasteiger partial charge in [0.2, 0.25) is 5.91 Å². The summed E-state index contributed by atoms with van der Waals surface area (Å²) in [5, 5.41) is 6.99. The number of aromatic nitrogens is 2. The highest BCUT2D eigenvalue weighted by molar-refractivity contribution is 5.85. The molecule has 1 unspecified atom stereocenters. The van der Waals surface area contributed by atoms with E-state index in [1.165, 1.54) is 0 Å². The smallest absolute Gasteiger partial charge is 0.240 e. The highest BCUT2D eigenvalue weighted by atomic mass is 16.2. The molecule has 0 spiro atoms. The van der Waals surface area contributed by atoms with E-state index < -0.39 is 5.54 Å². The van der Waals surface area contributed by atoms with Gasteiger partial charge in [0.25, 0.3) is 0 Å². The number of nitrogens with one attached hydrogen (secondary N) is 1. The first-order chi connectivity index (χ1) is 7.88. The lowest BCUT2D eigenvalue weighted by atomic mass is 9.96. The van der Waals surface area contributed by atoms with Gasteiger partial charge in [-0.1, -0.05) is 13.3 Å². The van der Waals surface area contributed by atoms with Gasteiger partial charge in [0.05, 0.1) is 11.7 Å². The largest absolute Gasteiger partial charge is 0.350 e. The molecule has 5 heteroatoms. The van der Waals surface area contributed by atoms with Crippen molar-refractivity contribution in [3.05, 3.63) is 17.5 Å². The van der Waals surface area contributed by atoms with Crippen LogP contribution in [0.15, 0.2) is 6.20 Å². The van der Waals surface area contributed by atoms with Gasteiger partial charge in [0.15, 0.2) is 0 Å². The topological polar surface area (TPSA) is 72.9 Å². The van der Waals surface area contributed by atoms with Crippen LogP contribution >= 0.6 is 0 Å². The van der Waals surface area contributed by atoms with Gasteiger partial charge in [-0.25, -0.2) is 0 Å². The van der Waals surface area contributed by atoms with E-state index in [2.05, 4.69) is 10.4 Å². The third-order valence-electron chi connectivity index (χ3n) is 3.06. The van der Waals surface area contributed by atoms with Crippen molar-refractivity contribution in [3.63, 3.8) is 0 Å². The monoisotopic (exact) mass is 238 g/mol. The summed E-state index contributed by atoms with van der Waals surface area (Å²) in [5.41, 5.74) is 7.24. The summed E-state index contributed by atoms with van der Waals surface area (Å²) in [6.07, 6.45) is 3.35. The van der Waals surface area contributed by atoms with Crippen LogP contribution in [0.4, 0.5) is 0 Å². The van der Waals surface area contributed by atoms with E-state index in [1.807, 2.05) is 20.9 Å². The molecule has 5 nitrogen and oxygen atoms in total. The Labute approximate surface area is 102 Å². The molecule has 0 saturated carbocycles. The van der Waals surface area contributed by atoms with Crippen LogP contribution in [-0.2, 0) is 18.4 Å². The molecule has 0 fully saturated rings. The molecule has 1 aromatic rings. The van der Waals surface area contributed by atoms with Gasteiger partial charge in [0.1, 0.15) is 0 Å². The molecule has 0 radical (unpaired) electrons. The summed E-state index contributed by atoms with van der Waals surface area (Å²) in [4.78, 5) is 11.9. The van der Waals surface area contributed by atoms with E-state index in [1.54, 1.807) is 17.8 Å². The van der Waals surface area contributed by atoms with E-state index in [0.29, 0.717) is 13.0 Å². The Kier molecular flexibility index (Phi) is 4.28. The zero-order valence-corrected chi connectivity index (χ0v) is 11.1. The predicted molar refractivity (Wildman–Crippen MR) is 67.3 cm³/mol. The molecule has 0 aliphatic rings. The molecule has 1 rings (SSSR count). The van der Waals surface area contributed by atoms with Crippen LogP contribution in [0.5, 0.6) is 0 Å². The van der Waals surface area contributed by atoms with E-state index in [-0.39, 0.29) is 5.91 Å². The fourth-order valence-corrected chi connectivity index (χ4v) is 1.73. The number of hydrogen-bond donors (Lipinski definition) is 2. The third kappa shape index (κ3) is 3.30. The number of hydrogen-bond acceptors (Lipinski definition) is 3. The predicted octanol–water partition coefficient (Wildman–Crippen LogP) is 0.862. The highest BCUT2D eigenvalue weighted by Gasteiger charge is 2.26. The molecular formula is C12H22N4O. The maximum absolute atomic E-state index is 11.9. The molecule has 1 amide bonds. The standard InChI is InChI=1S/C12H22N4O/c1-5-6-12(3,13)11(17)14-7-10-8-15-16(4)9(10)2/h8H,5-7,13H2,1-4H3,(H,14,17). The first-order valence-corrected chi connectivity index (χ1v) is 5.93. The molecule has 0 aliphatic carbocycles. The second-order valence-electron chi connectivity index (χ2n) is 4.73. The van der Waals surface area contributed by atoms with Crippen LogP contribution in [-0.4, -0.2) is 21.2 Å². The number of nitrogens with two attached hydrogens (primary N) is 1. The summed E-state index contributed by atoms with van der Waals surface area (Å²) >= 11 is 0. The second-order valence-corrected chi connectivity index (χ2v) is 4.73. The van der Waals surface area contributed by atoms with Crippen LogP contribution in [0.1, 0.15) is 37.9 Å². The van der Waals surface area contributed by atoms with Gasteiger partial charge >= 0.3 is 0 Å². The Morgan fingerprint density at radius 2 is 2.29 bits per heavy atom. The number of carbonyl (C=O) groups is 1. The molecule has 0 saturated heterocycles. The highest BCUT2D eigenvalue weighted by Crippen LogP contribution is 2.10. The average molecular weight is 238 g/mol. The number of aryl methyl sites for hydroxylation is 1. The average Bonchev–Trinajstić information content (AvgIpc) is 2.56. The first-order valence-electron chi connectivity index (χ1n) is 5.93. The molecule has 0 bridgehead atoms. The zero-order valence-electron chi connectivity index (χ0n) is 11.1. The van der Waals surface area contributed by atoms with Gasteiger partial charge in [0, 0.05) is 24.8 Å². The Hall–Kier alpha value is -1.36. The molecule has 1 atom stereocenters. The van der Waals surface area contributed by atoms with Crippen LogP contribution in [0.25, 0.3) is 0 Å². The third-order valence-corrected chi connectivity index (χ3v) is 3.06. The van der Waals surface area contributed by atoms with Gasteiger partial charge in [-0.3, -0.25) is 9.48 Å². The lowest BCUT2D eigenvalue weighted by Crippen LogP contribution is -2.51. The quantitative estimate of drug-likeness (QED) is 0.799. The molecular weight excluding hydrogens is 216 g/mol. The summed E-state index contributed by atoms with van der Waals surface area (Å²) in [5.74, 6) is -0.109. The van der Waals surface area contributed by atoms with Crippen molar-refractivity contribution in [1.82, 2.24) is 15.1 Å². The molecule has 0 aromatic carbocycles. The summed E-state index contributed by atoms with van der Waals surface area (Å²) in [6, 6.07) is 0. The number of amides is 1. The minimum Gasteiger partial charge on any atom is -0.350 e. The van der Waals surface area contributed by atoms with E-state index >= 15 is 0 Å². The van der Waals surface area contributed by atoms with Crippen LogP contribution in [0.2, 0.25) is 0 Å². The Morgan fingerprint density at radius 1 is 1.65 bits per heavy atom. The fraction of sp³-hybridized carbons (Fsp3) is 0.667. The van der Waals surface area contributed by atoms with Gasteiger partial charge in [-0.05, 0) is 20.3 Å². The van der Waals surface area contributed by atoms with Gasteiger partial charge in [-0.15, -0.1) is 0 Å². The van der Waals surface area contributed by atoms with E-state index in [4.69, 9.17) is 5.73 Å². The molecule has 1 heterocycles. The first kappa shape index (κ1) is 13.7. The van der Waals surface area contributed by atoms with Crippen molar-refractivity contribution in [2.75, 3.05) is 0 Å². The molecule has 3 N–H and O–H groups in total. The molecule has 1 aromatic heterocycles. The molecule has 0 aliphatic heterocycles. The van der Waals surface area contributed by atoms with E-state index in [0.717, 1.165) is 17.7 Å². The maximum Gasteiger partial charge on any atom is 0.240 e. The maximum atomic E-state index is 11.9. The van der Waals surface area contributed by atoms with Crippen molar-refractivity contribution < 1.29 is 4.79 Å². The lowest BCUT2D eigenvalue weighted by Gasteiger charge is -2.22.